The standard InChI is InChI=1S/C14H11F5N2O/c1-6(12(22)7-2-4-8(15)5-3-7)20-11-9(16)13(18)21-14(19)10(11)17/h2-6,12,22H,1H3,(H,20,21). The normalized spacial score (nSPS) is 13.8. The summed E-state index contributed by atoms with van der Waals surface area (Å²) in [6.07, 6.45) is -1.29. The minimum absolute atomic E-state index is 0.261. The zero-order chi connectivity index (χ0) is 16.4. The number of anilines is 1. The molecule has 0 saturated heterocycles. The third-order valence-electron chi connectivity index (χ3n) is 3.05. The Balaban J connectivity index is 2.25. The van der Waals surface area contributed by atoms with Crippen molar-refractivity contribution in [3.05, 3.63) is 59.2 Å². The molecule has 2 unspecified atom stereocenters. The molecule has 0 aliphatic heterocycles. The molecule has 3 nitrogen and oxygen atoms in total. The molecule has 0 aliphatic carbocycles. The molecule has 0 radical (unpaired) electrons. The van der Waals surface area contributed by atoms with Crippen molar-refractivity contribution < 1.29 is 27.1 Å². The van der Waals surface area contributed by atoms with Crippen LogP contribution in [0.2, 0.25) is 0 Å². The third kappa shape index (κ3) is 3.16. The van der Waals surface area contributed by atoms with E-state index in [0.29, 0.717) is 0 Å². The molecule has 118 valence electrons. The van der Waals surface area contributed by atoms with Crippen LogP contribution in [0.1, 0.15) is 18.6 Å². The summed E-state index contributed by atoms with van der Waals surface area (Å²) in [5.41, 5.74) is -0.809. The number of hydrogen-bond donors (Lipinski definition) is 2. The number of aliphatic hydroxyl groups excluding tert-OH is 1. The summed E-state index contributed by atoms with van der Waals surface area (Å²) >= 11 is 0. The molecule has 22 heavy (non-hydrogen) atoms. The second-order valence-corrected chi connectivity index (χ2v) is 4.63. The number of benzene rings is 1. The van der Waals surface area contributed by atoms with E-state index in [-0.39, 0.29) is 5.56 Å². The van der Waals surface area contributed by atoms with Gasteiger partial charge in [-0.25, -0.2) is 4.39 Å². The van der Waals surface area contributed by atoms with Gasteiger partial charge in [0, 0.05) is 0 Å². The fourth-order valence-electron chi connectivity index (χ4n) is 1.87. The zero-order valence-corrected chi connectivity index (χ0v) is 11.2. The SMILES string of the molecule is CC(Nc1c(F)c(F)nc(F)c1F)C(O)c1ccc(F)cc1. The van der Waals surface area contributed by atoms with Crippen LogP contribution in [0.4, 0.5) is 27.6 Å². The molecular formula is C14H11F5N2O. The number of nitrogens with one attached hydrogen (secondary N) is 1. The summed E-state index contributed by atoms with van der Waals surface area (Å²) in [4.78, 5) is 2.43. The van der Waals surface area contributed by atoms with Crippen LogP contribution in [0.5, 0.6) is 0 Å². The van der Waals surface area contributed by atoms with E-state index < -0.39 is 47.2 Å². The van der Waals surface area contributed by atoms with Gasteiger partial charge in [-0.15, -0.1) is 0 Å². The van der Waals surface area contributed by atoms with E-state index in [4.69, 9.17) is 0 Å². The number of pyridine rings is 1. The van der Waals surface area contributed by atoms with Gasteiger partial charge in [0.05, 0.1) is 12.1 Å². The Morgan fingerprint density at radius 2 is 1.45 bits per heavy atom. The van der Waals surface area contributed by atoms with Crippen LogP contribution in [0.15, 0.2) is 24.3 Å². The van der Waals surface area contributed by atoms with E-state index in [0.717, 1.165) is 12.1 Å². The van der Waals surface area contributed by atoms with E-state index >= 15 is 0 Å². The largest absolute Gasteiger partial charge is 0.386 e. The quantitative estimate of drug-likeness (QED) is 0.671. The number of aromatic nitrogens is 1. The van der Waals surface area contributed by atoms with Gasteiger partial charge in [0.15, 0.2) is 0 Å². The average Bonchev–Trinajstić information content (AvgIpc) is 2.49. The highest BCUT2D eigenvalue weighted by Gasteiger charge is 2.24. The van der Waals surface area contributed by atoms with E-state index in [1.807, 2.05) is 0 Å². The molecule has 2 atom stereocenters. The van der Waals surface area contributed by atoms with E-state index in [1.54, 1.807) is 0 Å². The molecule has 1 aromatic carbocycles. The molecule has 0 spiro atoms. The molecule has 0 amide bonds. The number of aliphatic hydroxyl groups is 1. The summed E-state index contributed by atoms with van der Waals surface area (Å²) in [6, 6.07) is 3.73. The lowest BCUT2D eigenvalue weighted by Crippen LogP contribution is -2.26. The van der Waals surface area contributed by atoms with Crippen LogP contribution in [0, 0.1) is 29.3 Å². The third-order valence-corrected chi connectivity index (χ3v) is 3.05. The summed E-state index contributed by atoms with van der Waals surface area (Å²) < 4.78 is 65.8. The number of rotatable bonds is 4. The van der Waals surface area contributed by atoms with Crippen molar-refractivity contribution in [2.45, 2.75) is 19.1 Å². The molecule has 1 heterocycles. The summed E-state index contributed by atoms with van der Waals surface area (Å²) in [7, 11) is 0. The predicted octanol–water partition coefficient (Wildman–Crippen LogP) is 3.31. The predicted molar refractivity (Wildman–Crippen MR) is 68.5 cm³/mol. The molecule has 0 fully saturated rings. The van der Waals surface area contributed by atoms with Gasteiger partial charge in [0.2, 0.25) is 11.6 Å². The molecule has 2 rings (SSSR count). The van der Waals surface area contributed by atoms with E-state index in [1.165, 1.54) is 19.1 Å². The summed E-state index contributed by atoms with van der Waals surface area (Å²) in [5.74, 6) is -7.52. The second kappa shape index (κ2) is 6.27. The minimum atomic E-state index is -1.80. The van der Waals surface area contributed by atoms with Crippen molar-refractivity contribution in [3.63, 3.8) is 0 Å². The van der Waals surface area contributed by atoms with Crippen molar-refractivity contribution in [1.82, 2.24) is 4.98 Å². The summed E-state index contributed by atoms with van der Waals surface area (Å²) in [5, 5.41) is 12.2. The second-order valence-electron chi connectivity index (χ2n) is 4.63. The molecule has 8 heteroatoms. The number of halogens is 5. The molecule has 0 bridgehead atoms. The maximum atomic E-state index is 13.5. The molecule has 1 aromatic heterocycles. The van der Waals surface area contributed by atoms with Crippen LogP contribution < -0.4 is 5.32 Å². The minimum Gasteiger partial charge on any atom is -0.386 e. The van der Waals surface area contributed by atoms with Gasteiger partial charge in [-0.05, 0) is 24.6 Å². The van der Waals surface area contributed by atoms with Crippen molar-refractivity contribution >= 4 is 5.69 Å². The first-order valence-corrected chi connectivity index (χ1v) is 6.21. The molecule has 0 aliphatic rings. The number of hydrogen-bond acceptors (Lipinski definition) is 3. The first-order chi connectivity index (χ1) is 10.3. The van der Waals surface area contributed by atoms with Crippen molar-refractivity contribution in [2.75, 3.05) is 5.32 Å². The highest BCUT2D eigenvalue weighted by Crippen LogP contribution is 2.26. The Morgan fingerprint density at radius 1 is 0.955 bits per heavy atom. The van der Waals surface area contributed by atoms with Crippen molar-refractivity contribution in [1.29, 1.82) is 0 Å². The fourth-order valence-corrected chi connectivity index (χ4v) is 1.87. The maximum Gasteiger partial charge on any atom is 0.253 e. The lowest BCUT2D eigenvalue weighted by atomic mass is 10.0. The molecule has 2 N–H and O–H groups in total. The van der Waals surface area contributed by atoms with E-state index in [2.05, 4.69) is 10.3 Å². The van der Waals surface area contributed by atoms with Crippen LogP contribution >= 0.6 is 0 Å². The Hall–Kier alpha value is -2.22. The zero-order valence-electron chi connectivity index (χ0n) is 11.2. The number of nitrogens with zero attached hydrogens (tertiary/aromatic N) is 1. The summed E-state index contributed by atoms with van der Waals surface area (Å²) in [6.45, 7) is 1.34. The van der Waals surface area contributed by atoms with Crippen molar-refractivity contribution in [2.24, 2.45) is 0 Å². The lowest BCUT2D eigenvalue weighted by Gasteiger charge is -2.22. The smallest absolute Gasteiger partial charge is 0.253 e. The van der Waals surface area contributed by atoms with Crippen LogP contribution in [-0.2, 0) is 0 Å². The van der Waals surface area contributed by atoms with Crippen LogP contribution in [0.3, 0.4) is 0 Å². The Labute approximate surface area is 122 Å². The first kappa shape index (κ1) is 16.2. The highest BCUT2D eigenvalue weighted by atomic mass is 19.2. The van der Waals surface area contributed by atoms with Gasteiger partial charge >= 0.3 is 0 Å². The lowest BCUT2D eigenvalue weighted by molar-refractivity contribution is 0.160. The van der Waals surface area contributed by atoms with Gasteiger partial charge in [0.1, 0.15) is 11.5 Å². The monoisotopic (exact) mass is 318 g/mol. The molecule has 2 aromatic rings. The molecular weight excluding hydrogens is 307 g/mol. The van der Waals surface area contributed by atoms with Gasteiger partial charge in [-0.3, -0.25) is 0 Å². The first-order valence-electron chi connectivity index (χ1n) is 6.21. The Morgan fingerprint density at radius 3 is 1.95 bits per heavy atom. The van der Waals surface area contributed by atoms with Crippen LogP contribution in [0.25, 0.3) is 0 Å². The van der Waals surface area contributed by atoms with Gasteiger partial charge in [-0.2, -0.15) is 22.5 Å². The fraction of sp³-hybridized carbons (Fsp3) is 0.214. The Kier molecular flexibility index (Phi) is 4.60. The molecule has 0 saturated carbocycles. The average molecular weight is 318 g/mol. The van der Waals surface area contributed by atoms with Gasteiger partial charge < -0.3 is 10.4 Å². The topological polar surface area (TPSA) is 45.2 Å². The van der Waals surface area contributed by atoms with Gasteiger partial charge in [-0.1, -0.05) is 12.1 Å². The highest BCUT2D eigenvalue weighted by molar-refractivity contribution is 5.46. The van der Waals surface area contributed by atoms with Crippen molar-refractivity contribution in [3.8, 4) is 0 Å². The maximum absolute atomic E-state index is 13.5. The van der Waals surface area contributed by atoms with Crippen LogP contribution in [-0.4, -0.2) is 16.1 Å². The Bertz CT molecular complexity index is 652. The van der Waals surface area contributed by atoms with E-state index in [9.17, 15) is 27.1 Å². The van der Waals surface area contributed by atoms with Gasteiger partial charge in [0.25, 0.3) is 11.9 Å².